The number of thiocarbonyl (C=S) groups is 1. The van der Waals surface area contributed by atoms with Crippen LogP contribution in [0.4, 0.5) is 0 Å². The molecule has 92 valence electrons. The second-order valence-electron chi connectivity index (χ2n) is 3.52. The van der Waals surface area contributed by atoms with E-state index in [0.717, 1.165) is 11.1 Å². The summed E-state index contributed by atoms with van der Waals surface area (Å²) in [6, 6.07) is 1.80. The smallest absolute Gasteiger partial charge is 0.184 e. The monoisotopic (exact) mass is 253 g/mol. The van der Waals surface area contributed by atoms with Crippen LogP contribution in [0, 0.1) is 13.8 Å². The number of phenolic OH excluding ortho intramolecular Hbond substituents is 1. The summed E-state index contributed by atoms with van der Waals surface area (Å²) in [5, 5.41) is 13.8. The van der Waals surface area contributed by atoms with Crippen LogP contribution in [0.1, 0.15) is 16.7 Å². The van der Waals surface area contributed by atoms with Gasteiger partial charge >= 0.3 is 0 Å². The van der Waals surface area contributed by atoms with Gasteiger partial charge in [-0.15, -0.1) is 0 Å². The first-order valence-corrected chi connectivity index (χ1v) is 5.33. The van der Waals surface area contributed by atoms with E-state index in [-0.39, 0.29) is 10.9 Å². The number of hydrazone groups is 1. The fraction of sp³-hybridized carbons (Fsp3) is 0.273. The molecule has 0 saturated heterocycles. The minimum atomic E-state index is 0.0455. The number of phenols is 1. The number of methoxy groups -OCH3 is 1. The highest BCUT2D eigenvalue weighted by molar-refractivity contribution is 7.80. The molecule has 0 spiro atoms. The van der Waals surface area contributed by atoms with Crippen molar-refractivity contribution in [3.8, 4) is 11.5 Å². The first kappa shape index (κ1) is 13.2. The first-order valence-electron chi connectivity index (χ1n) is 4.93. The summed E-state index contributed by atoms with van der Waals surface area (Å²) in [6.45, 7) is 3.80. The second kappa shape index (κ2) is 5.49. The Balaban J connectivity index is 3.13. The molecule has 0 radical (unpaired) electrons. The molecule has 0 heterocycles. The summed E-state index contributed by atoms with van der Waals surface area (Å²) in [5.74, 6) is 0.492. The third-order valence-corrected chi connectivity index (χ3v) is 2.47. The van der Waals surface area contributed by atoms with E-state index in [9.17, 15) is 5.11 Å². The average Bonchev–Trinajstić information content (AvgIpc) is 2.26. The normalized spacial score (nSPS) is 10.5. The van der Waals surface area contributed by atoms with E-state index in [2.05, 4.69) is 22.7 Å². The lowest BCUT2D eigenvalue weighted by Crippen LogP contribution is -2.24. The second-order valence-corrected chi connectivity index (χ2v) is 3.96. The number of aryl methyl sites for hydroxylation is 1. The van der Waals surface area contributed by atoms with E-state index in [1.165, 1.54) is 13.3 Å². The molecule has 0 saturated carbocycles. The molecule has 5 nitrogen and oxygen atoms in total. The van der Waals surface area contributed by atoms with Crippen molar-refractivity contribution in [1.82, 2.24) is 5.43 Å². The van der Waals surface area contributed by atoms with Crippen LogP contribution >= 0.6 is 12.2 Å². The number of hydrogen-bond acceptors (Lipinski definition) is 4. The summed E-state index contributed by atoms with van der Waals surface area (Å²) < 4.78 is 5.14. The van der Waals surface area contributed by atoms with Crippen LogP contribution in [0.2, 0.25) is 0 Å². The molecule has 0 unspecified atom stereocenters. The van der Waals surface area contributed by atoms with Crippen molar-refractivity contribution in [1.29, 1.82) is 0 Å². The zero-order valence-corrected chi connectivity index (χ0v) is 10.8. The predicted molar refractivity (Wildman–Crippen MR) is 71.6 cm³/mol. The zero-order valence-electron chi connectivity index (χ0n) is 9.94. The average molecular weight is 253 g/mol. The zero-order chi connectivity index (χ0) is 13.0. The lowest BCUT2D eigenvalue weighted by atomic mass is 10.0. The van der Waals surface area contributed by atoms with Crippen LogP contribution in [-0.4, -0.2) is 23.5 Å². The molecule has 0 aliphatic heterocycles. The quantitative estimate of drug-likeness (QED) is 0.428. The maximum Gasteiger partial charge on any atom is 0.184 e. The van der Waals surface area contributed by atoms with Crippen LogP contribution in [0.3, 0.4) is 0 Å². The van der Waals surface area contributed by atoms with Gasteiger partial charge in [0.2, 0.25) is 0 Å². The number of nitrogens with zero attached hydrogens (tertiary/aromatic N) is 1. The summed E-state index contributed by atoms with van der Waals surface area (Å²) in [4.78, 5) is 0. The van der Waals surface area contributed by atoms with E-state index in [1.807, 2.05) is 13.8 Å². The van der Waals surface area contributed by atoms with Crippen molar-refractivity contribution in [3.05, 3.63) is 22.8 Å². The predicted octanol–water partition coefficient (Wildman–Crippen LogP) is 1.18. The number of nitrogens with one attached hydrogen (secondary N) is 1. The van der Waals surface area contributed by atoms with Gasteiger partial charge in [0.1, 0.15) is 0 Å². The van der Waals surface area contributed by atoms with E-state index >= 15 is 0 Å². The molecule has 0 bridgehead atoms. The standard InChI is InChI=1S/C11H15N3O2S/c1-6-4-8(5-13-14-11(12)17)9(15)10(16-3)7(6)2/h4-5,15H,1-3H3,(H3,12,14,17). The first-order chi connectivity index (χ1) is 7.97. The van der Waals surface area contributed by atoms with Crippen molar-refractivity contribution in [2.24, 2.45) is 10.8 Å². The number of aromatic hydroxyl groups is 1. The van der Waals surface area contributed by atoms with E-state index < -0.39 is 0 Å². The molecule has 0 atom stereocenters. The third kappa shape index (κ3) is 3.07. The van der Waals surface area contributed by atoms with Gasteiger partial charge in [0.05, 0.1) is 13.3 Å². The lowest BCUT2D eigenvalue weighted by Gasteiger charge is -2.11. The Hall–Kier alpha value is -1.82. The number of rotatable bonds is 3. The fourth-order valence-corrected chi connectivity index (χ4v) is 1.46. The Morgan fingerprint density at radius 2 is 2.24 bits per heavy atom. The number of hydrogen-bond donors (Lipinski definition) is 3. The maximum atomic E-state index is 9.95. The van der Waals surface area contributed by atoms with E-state index in [4.69, 9.17) is 10.5 Å². The summed E-state index contributed by atoms with van der Waals surface area (Å²) >= 11 is 4.60. The minimum Gasteiger partial charge on any atom is -0.504 e. The van der Waals surface area contributed by atoms with Gasteiger partial charge in [-0.3, -0.25) is 5.43 Å². The van der Waals surface area contributed by atoms with Gasteiger partial charge in [-0.1, -0.05) is 0 Å². The summed E-state index contributed by atoms with van der Waals surface area (Å²) in [5.41, 5.74) is 10.1. The van der Waals surface area contributed by atoms with Gasteiger partial charge in [-0.25, -0.2) is 0 Å². The number of benzene rings is 1. The third-order valence-electron chi connectivity index (χ3n) is 2.38. The lowest BCUT2D eigenvalue weighted by molar-refractivity contribution is 0.370. The van der Waals surface area contributed by atoms with Crippen LogP contribution in [0.5, 0.6) is 11.5 Å². The Kier molecular flexibility index (Phi) is 4.28. The molecular formula is C11H15N3O2S. The molecule has 4 N–H and O–H groups in total. The van der Waals surface area contributed by atoms with Crippen LogP contribution in [0.25, 0.3) is 0 Å². The van der Waals surface area contributed by atoms with Gasteiger partial charge in [0, 0.05) is 5.56 Å². The number of nitrogens with two attached hydrogens (primary N) is 1. The van der Waals surface area contributed by atoms with Crippen molar-refractivity contribution < 1.29 is 9.84 Å². The molecule has 1 aromatic carbocycles. The van der Waals surface area contributed by atoms with Gasteiger partial charge in [-0.05, 0) is 43.3 Å². The van der Waals surface area contributed by atoms with Crippen molar-refractivity contribution in [2.75, 3.05) is 7.11 Å². The largest absolute Gasteiger partial charge is 0.504 e. The fourth-order valence-electron chi connectivity index (χ4n) is 1.41. The molecule has 0 fully saturated rings. The summed E-state index contributed by atoms with van der Waals surface area (Å²) in [6.07, 6.45) is 1.43. The van der Waals surface area contributed by atoms with Crippen molar-refractivity contribution >= 4 is 23.5 Å². The molecule has 0 aliphatic carbocycles. The molecule has 1 aromatic rings. The highest BCUT2D eigenvalue weighted by atomic mass is 32.1. The van der Waals surface area contributed by atoms with Crippen molar-refractivity contribution in [2.45, 2.75) is 13.8 Å². The Morgan fingerprint density at radius 1 is 1.59 bits per heavy atom. The molecule has 17 heavy (non-hydrogen) atoms. The number of ether oxygens (including phenoxy) is 1. The van der Waals surface area contributed by atoms with Crippen LogP contribution in [0.15, 0.2) is 11.2 Å². The van der Waals surface area contributed by atoms with Gasteiger partial charge in [0.25, 0.3) is 0 Å². The Morgan fingerprint density at radius 3 is 2.76 bits per heavy atom. The van der Waals surface area contributed by atoms with Gasteiger partial charge < -0.3 is 15.6 Å². The highest BCUT2D eigenvalue weighted by Gasteiger charge is 2.12. The molecule has 0 aliphatic rings. The molecule has 0 amide bonds. The minimum absolute atomic E-state index is 0.0455. The maximum absolute atomic E-state index is 9.95. The topological polar surface area (TPSA) is 79.9 Å². The van der Waals surface area contributed by atoms with E-state index in [0.29, 0.717) is 11.3 Å². The highest BCUT2D eigenvalue weighted by Crippen LogP contribution is 2.34. The van der Waals surface area contributed by atoms with Crippen LogP contribution in [-0.2, 0) is 0 Å². The molecule has 6 heteroatoms. The molecular weight excluding hydrogens is 238 g/mol. The van der Waals surface area contributed by atoms with E-state index in [1.54, 1.807) is 6.07 Å². The Labute approximate surface area is 105 Å². The van der Waals surface area contributed by atoms with Crippen molar-refractivity contribution in [3.63, 3.8) is 0 Å². The molecule has 1 rings (SSSR count). The van der Waals surface area contributed by atoms with Crippen LogP contribution < -0.4 is 15.9 Å². The summed E-state index contributed by atoms with van der Waals surface area (Å²) in [7, 11) is 1.51. The Bertz CT molecular complexity index is 472. The van der Waals surface area contributed by atoms with Gasteiger partial charge in [0.15, 0.2) is 16.6 Å². The van der Waals surface area contributed by atoms with Gasteiger partial charge in [-0.2, -0.15) is 5.10 Å². The SMILES string of the molecule is COc1c(C)c(C)cc(C=NNC(N)=S)c1O. The molecule has 0 aromatic heterocycles.